The van der Waals surface area contributed by atoms with E-state index in [-0.39, 0.29) is 0 Å². The first kappa shape index (κ1) is 11.5. The van der Waals surface area contributed by atoms with E-state index in [0.29, 0.717) is 6.04 Å². The molecule has 0 aliphatic carbocycles. The number of anilines is 2. The van der Waals surface area contributed by atoms with E-state index in [1.165, 1.54) is 10.4 Å². The Balaban J connectivity index is 1.99. The molecule has 1 aliphatic heterocycles. The molecule has 0 fully saturated rings. The van der Waals surface area contributed by atoms with Crippen molar-refractivity contribution in [3.05, 3.63) is 39.7 Å². The lowest BCUT2D eigenvalue weighted by atomic mass is 10.0. The summed E-state index contributed by atoms with van der Waals surface area (Å²) < 4.78 is 0. The second-order valence-electron chi connectivity index (χ2n) is 4.84. The van der Waals surface area contributed by atoms with Gasteiger partial charge in [-0.3, -0.25) is 0 Å². The Hall–Kier alpha value is -1.55. The van der Waals surface area contributed by atoms with E-state index >= 15 is 0 Å². The minimum Gasteiger partial charge on any atom is -0.396 e. The smallest absolute Gasteiger partial charge is 0.152 e. The molecule has 0 spiro atoms. The molecule has 94 valence electrons. The second-order valence-corrected chi connectivity index (χ2v) is 5.84. The number of thiophene rings is 1. The van der Waals surface area contributed by atoms with Crippen LogP contribution in [-0.2, 0) is 6.42 Å². The molecule has 3 nitrogen and oxygen atoms in total. The van der Waals surface area contributed by atoms with Crippen LogP contribution in [0.1, 0.15) is 29.0 Å². The number of rotatable bonds is 1. The van der Waals surface area contributed by atoms with E-state index in [2.05, 4.69) is 28.3 Å². The van der Waals surface area contributed by atoms with Gasteiger partial charge in [-0.05, 0) is 48.9 Å². The fourth-order valence-electron chi connectivity index (χ4n) is 2.62. The zero-order valence-corrected chi connectivity index (χ0v) is 11.5. The zero-order chi connectivity index (χ0) is 12.7. The quantitative estimate of drug-likeness (QED) is 0.855. The third kappa shape index (κ3) is 1.77. The fraction of sp³-hybridized carbons (Fsp3) is 0.357. The monoisotopic (exact) mass is 259 g/mol. The lowest BCUT2D eigenvalue weighted by Crippen LogP contribution is -2.34. The van der Waals surface area contributed by atoms with Crippen molar-refractivity contribution in [3.8, 4) is 0 Å². The molecule has 18 heavy (non-hydrogen) atoms. The van der Waals surface area contributed by atoms with Crippen LogP contribution in [0.4, 0.5) is 11.5 Å². The standard InChI is InChI=1S/C14H17N3S/c1-9-7-12(15)14(16-8-9)17-5-3-13-11(10(17)2)4-6-18-13/h4,6-8,10H,3,5,15H2,1-2H3. The summed E-state index contributed by atoms with van der Waals surface area (Å²) in [5.74, 6) is 0.921. The Morgan fingerprint density at radius 2 is 2.33 bits per heavy atom. The summed E-state index contributed by atoms with van der Waals surface area (Å²) in [6, 6.07) is 4.58. The molecule has 2 aromatic heterocycles. The van der Waals surface area contributed by atoms with Crippen LogP contribution < -0.4 is 10.6 Å². The Labute approximate surface area is 111 Å². The first-order valence-corrected chi connectivity index (χ1v) is 7.10. The molecule has 2 aromatic rings. The molecule has 1 unspecified atom stereocenters. The van der Waals surface area contributed by atoms with Crippen LogP contribution in [0.15, 0.2) is 23.7 Å². The maximum atomic E-state index is 6.11. The Morgan fingerprint density at radius 3 is 3.11 bits per heavy atom. The Bertz CT molecular complexity index is 576. The third-order valence-corrected chi connectivity index (χ3v) is 4.58. The van der Waals surface area contributed by atoms with Crippen LogP contribution in [0, 0.1) is 6.92 Å². The summed E-state index contributed by atoms with van der Waals surface area (Å²) in [5, 5.41) is 2.18. The minimum atomic E-state index is 0.359. The number of hydrogen-bond donors (Lipinski definition) is 1. The number of aryl methyl sites for hydroxylation is 1. The number of fused-ring (bicyclic) bond motifs is 1. The number of nitrogens with zero attached hydrogens (tertiary/aromatic N) is 2. The molecule has 0 amide bonds. The van der Waals surface area contributed by atoms with Gasteiger partial charge in [0.15, 0.2) is 5.82 Å². The average molecular weight is 259 g/mol. The number of pyridine rings is 1. The predicted octanol–water partition coefficient (Wildman–Crippen LogP) is 3.16. The number of aromatic nitrogens is 1. The molecule has 3 rings (SSSR count). The van der Waals surface area contributed by atoms with E-state index < -0.39 is 0 Å². The number of hydrogen-bond acceptors (Lipinski definition) is 4. The first-order valence-electron chi connectivity index (χ1n) is 6.22. The lowest BCUT2D eigenvalue weighted by molar-refractivity contribution is 0.626. The molecule has 3 heterocycles. The van der Waals surface area contributed by atoms with Gasteiger partial charge in [0.25, 0.3) is 0 Å². The van der Waals surface area contributed by atoms with Gasteiger partial charge in [0.2, 0.25) is 0 Å². The van der Waals surface area contributed by atoms with Crippen molar-refractivity contribution in [3.63, 3.8) is 0 Å². The largest absolute Gasteiger partial charge is 0.396 e. The highest BCUT2D eigenvalue weighted by molar-refractivity contribution is 7.10. The Kier molecular flexibility index (Phi) is 2.74. The van der Waals surface area contributed by atoms with Crippen molar-refractivity contribution in [2.24, 2.45) is 0 Å². The van der Waals surface area contributed by atoms with E-state index in [1.807, 2.05) is 30.5 Å². The molecule has 0 radical (unpaired) electrons. The SMILES string of the molecule is Cc1cnc(N2CCc3sccc3C2C)c(N)c1. The average Bonchev–Trinajstić information content (AvgIpc) is 2.80. The zero-order valence-electron chi connectivity index (χ0n) is 10.7. The molecule has 0 saturated heterocycles. The van der Waals surface area contributed by atoms with Crippen LogP contribution in [0.25, 0.3) is 0 Å². The van der Waals surface area contributed by atoms with Gasteiger partial charge in [0.1, 0.15) is 0 Å². The van der Waals surface area contributed by atoms with Gasteiger partial charge in [-0.25, -0.2) is 4.98 Å². The molecule has 1 aliphatic rings. The first-order chi connectivity index (χ1) is 8.66. The van der Waals surface area contributed by atoms with Gasteiger partial charge in [-0.2, -0.15) is 0 Å². The molecule has 0 aromatic carbocycles. The highest BCUT2D eigenvalue weighted by Gasteiger charge is 2.26. The van der Waals surface area contributed by atoms with E-state index in [1.54, 1.807) is 0 Å². The van der Waals surface area contributed by atoms with E-state index in [9.17, 15) is 0 Å². The van der Waals surface area contributed by atoms with Crippen molar-refractivity contribution in [1.82, 2.24) is 4.98 Å². The summed E-state index contributed by atoms with van der Waals surface area (Å²) in [6.45, 7) is 5.24. The van der Waals surface area contributed by atoms with Crippen molar-refractivity contribution in [2.45, 2.75) is 26.3 Å². The van der Waals surface area contributed by atoms with Crippen molar-refractivity contribution >= 4 is 22.8 Å². The molecular formula is C14H17N3S. The topological polar surface area (TPSA) is 42.2 Å². The molecular weight excluding hydrogens is 242 g/mol. The van der Waals surface area contributed by atoms with Crippen molar-refractivity contribution in [1.29, 1.82) is 0 Å². The highest BCUT2D eigenvalue weighted by atomic mass is 32.1. The maximum Gasteiger partial charge on any atom is 0.152 e. The molecule has 4 heteroatoms. The van der Waals surface area contributed by atoms with Gasteiger partial charge >= 0.3 is 0 Å². The Morgan fingerprint density at radius 1 is 1.50 bits per heavy atom. The molecule has 0 bridgehead atoms. The minimum absolute atomic E-state index is 0.359. The van der Waals surface area contributed by atoms with Crippen LogP contribution in [0.3, 0.4) is 0 Å². The highest BCUT2D eigenvalue weighted by Crippen LogP contribution is 2.37. The summed E-state index contributed by atoms with van der Waals surface area (Å²) in [7, 11) is 0. The van der Waals surface area contributed by atoms with Crippen LogP contribution in [-0.4, -0.2) is 11.5 Å². The normalized spacial score (nSPS) is 18.8. The van der Waals surface area contributed by atoms with E-state index in [0.717, 1.165) is 30.0 Å². The van der Waals surface area contributed by atoms with Gasteiger partial charge in [-0.15, -0.1) is 11.3 Å². The van der Waals surface area contributed by atoms with Crippen LogP contribution >= 0.6 is 11.3 Å². The summed E-state index contributed by atoms with van der Waals surface area (Å²) in [5.41, 5.74) is 9.42. The summed E-state index contributed by atoms with van der Waals surface area (Å²) in [6.07, 6.45) is 2.98. The second kappa shape index (κ2) is 4.28. The van der Waals surface area contributed by atoms with Gasteiger partial charge < -0.3 is 10.6 Å². The van der Waals surface area contributed by atoms with Gasteiger partial charge in [-0.1, -0.05) is 0 Å². The summed E-state index contributed by atoms with van der Waals surface area (Å²) in [4.78, 5) is 8.33. The maximum absolute atomic E-state index is 6.11. The van der Waals surface area contributed by atoms with Crippen molar-refractivity contribution in [2.75, 3.05) is 17.2 Å². The third-order valence-electron chi connectivity index (χ3n) is 3.58. The number of nitrogen functional groups attached to an aromatic ring is 1. The predicted molar refractivity (Wildman–Crippen MR) is 77.2 cm³/mol. The molecule has 2 N–H and O–H groups in total. The number of nitrogens with two attached hydrogens (primary N) is 1. The van der Waals surface area contributed by atoms with Crippen molar-refractivity contribution < 1.29 is 0 Å². The van der Waals surface area contributed by atoms with E-state index in [4.69, 9.17) is 5.73 Å². The molecule has 1 atom stereocenters. The van der Waals surface area contributed by atoms with Crippen LogP contribution in [0.2, 0.25) is 0 Å². The molecule has 0 saturated carbocycles. The van der Waals surface area contributed by atoms with Gasteiger partial charge in [0.05, 0.1) is 11.7 Å². The van der Waals surface area contributed by atoms with Gasteiger partial charge in [0, 0.05) is 17.6 Å². The fourth-order valence-corrected chi connectivity index (χ4v) is 3.59. The lowest BCUT2D eigenvalue weighted by Gasteiger charge is -2.35. The summed E-state index contributed by atoms with van der Waals surface area (Å²) >= 11 is 1.85. The van der Waals surface area contributed by atoms with Crippen LogP contribution in [0.5, 0.6) is 0 Å².